The Morgan fingerprint density at radius 1 is 1.33 bits per heavy atom. The van der Waals surface area contributed by atoms with Crippen LogP contribution in [0.4, 0.5) is 0 Å². The van der Waals surface area contributed by atoms with E-state index in [1.165, 1.54) is 6.08 Å². The van der Waals surface area contributed by atoms with Crippen molar-refractivity contribution >= 4 is 11.5 Å². The minimum absolute atomic E-state index is 0.0248. The Morgan fingerprint density at radius 3 is 2.33 bits per heavy atom. The standard InChI is InChI=1S/C12H16N2O/c1-12(2,3)11(15)8-10(13)9-4-6-14-7-5-9/h4-8H,13H2,1-3H3/b10-8-. The van der Waals surface area contributed by atoms with E-state index in [9.17, 15) is 4.79 Å². The molecule has 0 unspecified atom stereocenters. The van der Waals surface area contributed by atoms with E-state index in [1.54, 1.807) is 24.5 Å². The van der Waals surface area contributed by atoms with Crippen molar-refractivity contribution in [2.24, 2.45) is 11.1 Å². The second-order valence-corrected chi connectivity index (χ2v) is 4.45. The number of ketones is 1. The Balaban J connectivity index is 2.91. The number of hydrogen-bond donors (Lipinski definition) is 1. The monoisotopic (exact) mass is 204 g/mol. The third-order valence-corrected chi connectivity index (χ3v) is 2.04. The van der Waals surface area contributed by atoms with Gasteiger partial charge in [0.15, 0.2) is 5.78 Å². The molecule has 0 amide bonds. The third-order valence-electron chi connectivity index (χ3n) is 2.04. The van der Waals surface area contributed by atoms with Crippen LogP contribution in [0.5, 0.6) is 0 Å². The van der Waals surface area contributed by atoms with Crippen LogP contribution in [0.2, 0.25) is 0 Å². The summed E-state index contributed by atoms with van der Waals surface area (Å²) in [6.07, 6.45) is 4.78. The van der Waals surface area contributed by atoms with Crippen LogP contribution in [0.15, 0.2) is 30.6 Å². The summed E-state index contributed by atoms with van der Waals surface area (Å²) in [5, 5.41) is 0. The molecule has 0 radical (unpaired) electrons. The fraction of sp³-hybridized carbons (Fsp3) is 0.333. The molecule has 1 rings (SSSR count). The lowest BCUT2D eigenvalue weighted by atomic mass is 9.90. The van der Waals surface area contributed by atoms with E-state index < -0.39 is 5.41 Å². The van der Waals surface area contributed by atoms with Gasteiger partial charge in [-0.2, -0.15) is 0 Å². The number of hydrogen-bond acceptors (Lipinski definition) is 3. The Labute approximate surface area is 90.0 Å². The third kappa shape index (κ3) is 3.20. The Morgan fingerprint density at radius 2 is 1.87 bits per heavy atom. The Hall–Kier alpha value is -1.64. The first-order valence-electron chi connectivity index (χ1n) is 4.83. The molecule has 0 aliphatic carbocycles. The van der Waals surface area contributed by atoms with Crippen LogP contribution in [0.3, 0.4) is 0 Å². The van der Waals surface area contributed by atoms with E-state index in [0.29, 0.717) is 5.70 Å². The molecule has 1 aromatic heterocycles. The van der Waals surface area contributed by atoms with E-state index in [0.717, 1.165) is 5.56 Å². The van der Waals surface area contributed by atoms with Crippen molar-refractivity contribution in [2.45, 2.75) is 20.8 Å². The van der Waals surface area contributed by atoms with Gasteiger partial charge in [-0.1, -0.05) is 20.8 Å². The quantitative estimate of drug-likeness (QED) is 0.749. The average Bonchev–Trinajstić information content (AvgIpc) is 2.17. The Bertz CT molecular complexity index is 374. The summed E-state index contributed by atoms with van der Waals surface area (Å²) in [5.41, 5.74) is 6.72. The second-order valence-electron chi connectivity index (χ2n) is 4.45. The van der Waals surface area contributed by atoms with Crippen LogP contribution in [-0.2, 0) is 4.79 Å². The van der Waals surface area contributed by atoms with Crippen LogP contribution >= 0.6 is 0 Å². The van der Waals surface area contributed by atoms with Gasteiger partial charge in [-0.25, -0.2) is 0 Å². The van der Waals surface area contributed by atoms with Crippen LogP contribution in [0.25, 0.3) is 5.70 Å². The van der Waals surface area contributed by atoms with Crippen molar-refractivity contribution in [3.63, 3.8) is 0 Å². The highest BCUT2D eigenvalue weighted by Crippen LogP contribution is 2.17. The van der Waals surface area contributed by atoms with Crippen LogP contribution in [0.1, 0.15) is 26.3 Å². The molecule has 0 atom stereocenters. The SMILES string of the molecule is CC(C)(C)C(=O)/C=C(\N)c1ccncc1. The molecule has 3 nitrogen and oxygen atoms in total. The second kappa shape index (κ2) is 4.26. The highest BCUT2D eigenvalue weighted by molar-refractivity contribution is 5.99. The maximum absolute atomic E-state index is 11.7. The molecule has 0 saturated carbocycles. The topological polar surface area (TPSA) is 56.0 Å². The van der Waals surface area contributed by atoms with Gasteiger partial charge in [0.05, 0.1) is 0 Å². The summed E-state index contributed by atoms with van der Waals surface area (Å²) < 4.78 is 0. The minimum atomic E-state index is -0.391. The highest BCUT2D eigenvalue weighted by Gasteiger charge is 2.19. The van der Waals surface area contributed by atoms with E-state index in [-0.39, 0.29) is 5.78 Å². The maximum Gasteiger partial charge on any atom is 0.163 e. The number of aromatic nitrogens is 1. The largest absolute Gasteiger partial charge is 0.398 e. The van der Waals surface area contributed by atoms with Gasteiger partial charge < -0.3 is 5.73 Å². The molecule has 1 heterocycles. The first-order valence-corrected chi connectivity index (χ1v) is 4.83. The zero-order valence-electron chi connectivity index (χ0n) is 9.32. The highest BCUT2D eigenvalue weighted by atomic mass is 16.1. The number of carbonyl (C=O) groups is 1. The van der Waals surface area contributed by atoms with Crippen molar-refractivity contribution in [2.75, 3.05) is 0 Å². The number of pyridine rings is 1. The normalized spacial score (nSPS) is 12.6. The van der Waals surface area contributed by atoms with E-state index in [4.69, 9.17) is 5.73 Å². The smallest absolute Gasteiger partial charge is 0.163 e. The van der Waals surface area contributed by atoms with Crippen LogP contribution in [0, 0.1) is 5.41 Å². The fourth-order valence-electron chi connectivity index (χ4n) is 0.985. The summed E-state index contributed by atoms with van der Waals surface area (Å²) in [4.78, 5) is 15.6. The maximum atomic E-state index is 11.7. The van der Waals surface area contributed by atoms with Crippen molar-refractivity contribution < 1.29 is 4.79 Å². The van der Waals surface area contributed by atoms with Gasteiger partial charge in [0.2, 0.25) is 0 Å². The van der Waals surface area contributed by atoms with Crippen molar-refractivity contribution in [3.8, 4) is 0 Å². The summed E-state index contributed by atoms with van der Waals surface area (Å²) in [7, 11) is 0. The molecule has 2 N–H and O–H groups in total. The van der Waals surface area contributed by atoms with Gasteiger partial charge in [-0.15, -0.1) is 0 Å². The minimum Gasteiger partial charge on any atom is -0.398 e. The Kier molecular flexibility index (Phi) is 3.24. The first-order chi connectivity index (χ1) is 6.91. The molecule has 1 aromatic rings. The molecular formula is C12H16N2O. The lowest BCUT2D eigenvalue weighted by Crippen LogP contribution is -2.18. The van der Waals surface area contributed by atoms with Crippen LogP contribution < -0.4 is 5.73 Å². The predicted molar refractivity (Wildman–Crippen MR) is 60.9 cm³/mol. The average molecular weight is 204 g/mol. The van der Waals surface area contributed by atoms with Crippen molar-refractivity contribution in [3.05, 3.63) is 36.2 Å². The number of nitrogens with zero attached hydrogens (tertiary/aromatic N) is 1. The molecule has 3 heteroatoms. The van der Waals surface area contributed by atoms with Gasteiger partial charge in [0.25, 0.3) is 0 Å². The molecule has 0 spiro atoms. The zero-order chi connectivity index (χ0) is 11.5. The molecule has 0 bridgehead atoms. The van der Waals surface area contributed by atoms with Crippen molar-refractivity contribution in [1.82, 2.24) is 4.98 Å². The lowest BCUT2D eigenvalue weighted by Gasteiger charge is -2.14. The van der Waals surface area contributed by atoms with Gasteiger partial charge in [-0.3, -0.25) is 9.78 Å². The van der Waals surface area contributed by atoms with Gasteiger partial charge in [0.1, 0.15) is 0 Å². The summed E-state index contributed by atoms with van der Waals surface area (Å²) in [6, 6.07) is 3.56. The molecule has 0 aliphatic rings. The lowest BCUT2D eigenvalue weighted by molar-refractivity contribution is -0.121. The molecule has 0 aliphatic heterocycles. The van der Waals surface area contributed by atoms with E-state index in [2.05, 4.69) is 4.98 Å². The first kappa shape index (κ1) is 11.4. The number of nitrogens with two attached hydrogens (primary N) is 1. The number of rotatable bonds is 2. The summed E-state index contributed by atoms with van der Waals surface area (Å²) in [6.45, 7) is 5.60. The summed E-state index contributed by atoms with van der Waals surface area (Å²) >= 11 is 0. The number of allylic oxidation sites excluding steroid dienone is 1. The molecule has 0 fully saturated rings. The molecule has 15 heavy (non-hydrogen) atoms. The van der Waals surface area contributed by atoms with Gasteiger partial charge in [-0.05, 0) is 12.1 Å². The van der Waals surface area contributed by atoms with Gasteiger partial charge in [0, 0.05) is 35.1 Å². The summed E-state index contributed by atoms with van der Waals surface area (Å²) in [5.74, 6) is 0.0248. The van der Waals surface area contributed by atoms with Crippen LogP contribution in [-0.4, -0.2) is 10.8 Å². The molecular weight excluding hydrogens is 188 g/mol. The zero-order valence-corrected chi connectivity index (χ0v) is 9.32. The van der Waals surface area contributed by atoms with E-state index >= 15 is 0 Å². The predicted octanol–water partition coefficient (Wildman–Crippen LogP) is 2.00. The van der Waals surface area contributed by atoms with Crippen molar-refractivity contribution in [1.29, 1.82) is 0 Å². The van der Waals surface area contributed by atoms with E-state index in [1.807, 2.05) is 20.8 Å². The molecule has 0 aromatic carbocycles. The fourth-order valence-corrected chi connectivity index (χ4v) is 0.985. The molecule has 0 saturated heterocycles. The van der Waals surface area contributed by atoms with Gasteiger partial charge >= 0.3 is 0 Å². The molecule has 80 valence electrons. The number of carbonyl (C=O) groups excluding carboxylic acids is 1.